The van der Waals surface area contributed by atoms with Gasteiger partial charge in [-0.05, 0) is 18.9 Å². The molecule has 2 N–H and O–H groups in total. The zero-order valence-corrected chi connectivity index (χ0v) is 12.7. The van der Waals surface area contributed by atoms with E-state index in [9.17, 15) is 8.42 Å². The summed E-state index contributed by atoms with van der Waals surface area (Å²) in [5, 5.41) is 12.7. The molecule has 1 aromatic heterocycles. The van der Waals surface area contributed by atoms with Crippen molar-refractivity contribution in [1.29, 1.82) is 0 Å². The molecule has 0 unspecified atom stereocenters. The second-order valence-corrected chi connectivity index (χ2v) is 6.59. The van der Waals surface area contributed by atoms with Crippen LogP contribution in [0, 0.1) is 6.92 Å². The Morgan fingerprint density at radius 1 is 1.29 bits per heavy atom. The zero-order valence-electron chi connectivity index (χ0n) is 11.9. The van der Waals surface area contributed by atoms with Gasteiger partial charge in [-0.15, -0.1) is 0 Å². The molecule has 0 aliphatic heterocycles. The molecule has 0 aliphatic carbocycles. The maximum absolute atomic E-state index is 12.1. The minimum absolute atomic E-state index is 0.0492. The third-order valence-electron chi connectivity index (χ3n) is 3.05. The van der Waals surface area contributed by atoms with Crippen LogP contribution in [-0.2, 0) is 23.1 Å². The fraction of sp³-hybridized carbons (Fsp3) is 0.357. The summed E-state index contributed by atoms with van der Waals surface area (Å²) in [6, 6.07) is 7.66. The van der Waals surface area contributed by atoms with E-state index in [0.29, 0.717) is 13.0 Å². The highest BCUT2D eigenvalue weighted by molar-refractivity contribution is 7.89. The van der Waals surface area contributed by atoms with E-state index in [1.165, 1.54) is 17.1 Å². The number of nitrogens with one attached hydrogen (secondary N) is 1. The lowest BCUT2D eigenvalue weighted by molar-refractivity contribution is 0.277. The fourth-order valence-electron chi connectivity index (χ4n) is 1.81. The first-order chi connectivity index (χ1) is 10.0. The average Bonchev–Trinajstić information content (AvgIpc) is 2.94. The molecule has 0 saturated heterocycles. The third kappa shape index (κ3) is 4.38. The molecule has 2 aromatic rings. The Labute approximate surface area is 124 Å². The maximum atomic E-state index is 12.1. The first-order valence-electron chi connectivity index (χ1n) is 6.70. The molecule has 0 spiro atoms. The molecule has 21 heavy (non-hydrogen) atoms. The average molecular weight is 309 g/mol. The molecule has 0 saturated carbocycles. The number of sulfonamides is 1. The number of hydrogen-bond donors (Lipinski definition) is 2. The lowest BCUT2D eigenvalue weighted by atomic mass is 10.2. The van der Waals surface area contributed by atoms with Crippen LogP contribution < -0.4 is 4.72 Å². The molecule has 114 valence electrons. The normalized spacial score (nSPS) is 11.7. The lowest BCUT2D eigenvalue weighted by Crippen LogP contribution is -2.22. The monoisotopic (exact) mass is 309 g/mol. The number of aliphatic hydroxyl groups is 1. The van der Waals surface area contributed by atoms with Gasteiger partial charge in [0.2, 0.25) is 10.0 Å². The molecular weight excluding hydrogens is 290 g/mol. The summed E-state index contributed by atoms with van der Waals surface area (Å²) in [5.74, 6) is 0. The predicted molar refractivity (Wildman–Crippen MR) is 79.1 cm³/mol. The molecule has 1 aromatic carbocycles. The Bertz CT molecular complexity index is 678. The van der Waals surface area contributed by atoms with Crippen molar-refractivity contribution in [3.8, 4) is 0 Å². The second-order valence-electron chi connectivity index (χ2n) is 4.83. The second kappa shape index (κ2) is 6.84. The van der Waals surface area contributed by atoms with Crippen molar-refractivity contribution < 1.29 is 13.5 Å². The molecule has 0 aliphatic rings. The Morgan fingerprint density at radius 3 is 2.67 bits per heavy atom. The van der Waals surface area contributed by atoms with E-state index >= 15 is 0 Å². The van der Waals surface area contributed by atoms with Crippen LogP contribution in [0.4, 0.5) is 0 Å². The van der Waals surface area contributed by atoms with Crippen molar-refractivity contribution in [2.75, 3.05) is 6.61 Å². The van der Waals surface area contributed by atoms with Crippen LogP contribution in [0.1, 0.15) is 17.5 Å². The van der Waals surface area contributed by atoms with Gasteiger partial charge in [-0.25, -0.2) is 13.1 Å². The van der Waals surface area contributed by atoms with Crippen LogP contribution in [0.3, 0.4) is 0 Å². The van der Waals surface area contributed by atoms with Gasteiger partial charge in [-0.2, -0.15) is 5.10 Å². The molecule has 0 fully saturated rings. The van der Waals surface area contributed by atoms with E-state index in [-0.39, 0.29) is 18.0 Å². The Hall–Kier alpha value is -1.70. The highest BCUT2D eigenvalue weighted by Gasteiger charge is 2.16. The fourth-order valence-corrected chi connectivity index (χ4v) is 2.78. The SMILES string of the molecule is Cc1ccc(CNS(=O)(=O)c2cnn(CCCO)c2)cc1. The van der Waals surface area contributed by atoms with Crippen LogP contribution in [-0.4, -0.2) is 29.9 Å². The maximum Gasteiger partial charge on any atom is 0.243 e. The van der Waals surface area contributed by atoms with Gasteiger partial charge in [0.1, 0.15) is 4.90 Å². The number of rotatable bonds is 7. The van der Waals surface area contributed by atoms with Crippen LogP contribution in [0.15, 0.2) is 41.6 Å². The standard InChI is InChI=1S/C14H19N3O3S/c1-12-3-5-13(6-4-12)9-16-21(19,20)14-10-15-17(11-14)7-2-8-18/h3-6,10-11,16,18H,2,7-9H2,1H3. The largest absolute Gasteiger partial charge is 0.396 e. The highest BCUT2D eigenvalue weighted by atomic mass is 32.2. The van der Waals surface area contributed by atoms with Gasteiger partial charge in [0.15, 0.2) is 0 Å². The quantitative estimate of drug-likeness (QED) is 0.801. The molecule has 6 nitrogen and oxygen atoms in total. The number of nitrogens with zero attached hydrogens (tertiary/aromatic N) is 2. The lowest BCUT2D eigenvalue weighted by Gasteiger charge is -2.05. The van der Waals surface area contributed by atoms with Gasteiger partial charge in [0.25, 0.3) is 0 Å². The van der Waals surface area contributed by atoms with E-state index < -0.39 is 10.0 Å². The number of hydrogen-bond acceptors (Lipinski definition) is 4. The van der Waals surface area contributed by atoms with E-state index in [1.54, 1.807) is 0 Å². The summed E-state index contributed by atoms with van der Waals surface area (Å²) in [7, 11) is -3.57. The summed E-state index contributed by atoms with van der Waals surface area (Å²) in [5.41, 5.74) is 2.03. The van der Waals surface area contributed by atoms with Crippen molar-refractivity contribution >= 4 is 10.0 Å². The minimum Gasteiger partial charge on any atom is -0.396 e. The summed E-state index contributed by atoms with van der Waals surface area (Å²) < 4.78 is 28.4. The summed E-state index contributed by atoms with van der Waals surface area (Å²) in [6.07, 6.45) is 3.32. The number of aromatic nitrogens is 2. The number of aliphatic hydroxyl groups excluding tert-OH is 1. The third-order valence-corrected chi connectivity index (χ3v) is 4.41. The summed E-state index contributed by atoms with van der Waals surface area (Å²) >= 11 is 0. The first-order valence-corrected chi connectivity index (χ1v) is 8.18. The van der Waals surface area contributed by atoms with Crippen LogP contribution in [0.25, 0.3) is 0 Å². The molecule has 0 bridgehead atoms. The van der Waals surface area contributed by atoms with Crippen LogP contribution >= 0.6 is 0 Å². The van der Waals surface area contributed by atoms with Crippen molar-refractivity contribution in [3.63, 3.8) is 0 Å². The summed E-state index contributed by atoms with van der Waals surface area (Å²) in [6.45, 7) is 2.76. The molecule has 0 amide bonds. The van der Waals surface area contributed by atoms with Crippen molar-refractivity contribution in [2.24, 2.45) is 0 Å². The van der Waals surface area contributed by atoms with E-state index in [2.05, 4.69) is 9.82 Å². The van der Waals surface area contributed by atoms with Gasteiger partial charge in [-0.1, -0.05) is 29.8 Å². The topological polar surface area (TPSA) is 84.2 Å². The van der Waals surface area contributed by atoms with Crippen LogP contribution in [0.2, 0.25) is 0 Å². The smallest absolute Gasteiger partial charge is 0.243 e. The van der Waals surface area contributed by atoms with Gasteiger partial charge >= 0.3 is 0 Å². The highest BCUT2D eigenvalue weighted by Crippen LogP contribution is 2.09. The van der Waals surface area contributed by atoms with Gasteiger partial charge in [-0.3, -0.25) is 4.68 Å². The van der Waals surface area contributed by atoms with Gasteiger partial charge < -0.3 is 5.11 Å². The molecule has 0 radical (unpaired) electrons. The Kier molecular flexibility index (Phi) is 5.11. The number of benzene rings is 1. The minimum atomic E-state index is -3.57. The first kappa shape index (κ1) is 15.7. The van der Waals surface area contributed by atoms with E-state index in [0.717, 1.165) is 11.1 Å². The zero-order chi connectivity index (χ0) is 15.3. The van der Waals surface area contributed by atoms with E-state index in [4.69, 9.17) is 5.11 Å². The van der Waals surface area contributed by atoms with Gasteiger partial charge in [0.05, 0.1) is 6.20 Å². The molecule has 0 atom stereocenters. The molecule has 1 heterocycles. The molecule has 7 heteroatoms. The molecular formula is C14H19N3O3S. The predicted octanol–water partition coefficient (Wildman–Crippen LogP) is 1.05. The number of aryl methyl sites for hydroxylation is 2. The Balaban J connectivity index is 2.00. The van der Waals surface area contributed by atoms with Crippen LogP contribution in [0.5, 0.6) is 0 Å². The Morgan fingerprint density at radius 2 is 2.00 bits per heavy atom. The molecule has 2 rings (SSSR count). The van der Waals surface area contributed by atoms with Crippen molar-refractivity contribution in [1.82, 2.24) is 14.5 Å². The van der Waals surface area contributed by atoms with Crippen molar-refractivity contribution in [3.05, 3.63) is 47.8 Å². The van der Waals surface area contributed by atoms with Crippen molar-refractivity contribution in [2.45, 2.75) is 31.3 Å². The van der Waals surface area contributed by atoms with Gasteiger partial charge in [0, 0.05) is 25.9 Å². The summed E-state index contributed by atoms with van der Waals surface area (Å²) in [4.78, 5) is 0.132. The van der Waals surface area contributed by atoms with E-state index in [1.807, 2.05) is 31.2 Å².